The van der Waals surface area contributed by atoms with E-state index in [1.54, 1.807) is 49.4 Å². The van der Waals surface area contributed by atoms with Crippen LogP contribution in [0, 0.1) is 6.92 Å². The standard InChI is InChI=1S/C26H21Cl2N3O6S.Na/c1-3-37-24-18(27)9-6-10-20(24)29-26(33)17-13-15-7-4-5-8-16(15)22(23(17)32)31-30-19-12-11-14(2)25(21(19)28)38(34,35)36;/h4-13,32H,3H2,1-2H3,(H,29,33)(H,34,35,36);/q;+1/p-1. The van der Waals surface area contributed by atoms with Gasteiger partial charge in [-0.05, 0) is 49.1 Å². The number of azo groups is 1. The number of carbonyl (C=O) groups is 1. The molecule has 0 fully saturated rings. The summed E-state index contributed by atoms with van der Waals surface area (Å²) in [5.41, 5.74) is 0.0217. The van der Waals surface area contributed by atoms with Crippen LogP contribution < -0.4 is 44.7 Å². The van der Waals surface area contributed by atoms with Crippen LogP contribution >= 0.6 is 23.2 Å². The number of anilines is 1. The Kier molecular flexibility index (Phi) is 10.0. The molecule has 4 aromatic rings. The van der Waals surface area contributed by atoms with Crippen LogP contribution in [-0.4, -0.2) is 25.5 Å². The number of nitrogens with one attached hydrogen (secondary N) is 1. The number of carbonyl (C=O) groups excluding carboxylic acids is 1. The summed E-state index contributed by atoms with van der Waals surface area (Å²) in [6, 6.07) is 15.8. The molecule has 4 aromatic carbocycles. The van der Waals surface area contributed by atoms with Gasteiger partial charge in [0.05, 0.1) is 28.0 Å². The molecule has 0 saturated heterocycles. The summed E-state index contributed by atoms with van der Waals surface area (Å²) in [6.45, 7) is 3.53. The predicted octanol–water partition coefficient (Wildman–Crippen LogP) is 3.85. The van der Waals surface area contributed by atoms with Crippen LogP contribution in [0.4, 0.5) is 17.1 Å². The number of hydrogen-bond acceptors (Lipinski definition) is 7. The Morgan fingerprint density at radius 1 is 1.08 bits per heavy atom. The largest absolute Gasteiger partial charge is 1.00 e. The monoisotopic (exact) mass is 595 g/mol. The van der Waals surface area contributed by atoms with Gasteiger partial charge in [0.15, 0.2) is 5.75 Å². The molecule has 4 rings (SSSR count). The third-order valence-corrected chi connectivity index (χ3v) is 7.35. The molecule has 0 spiro atoms. The Balaban J connectivity index is 0.00000420. The molecule has 0 unspecified atom stereocenters. The quantitative estimate of drug-likeness (QED) is 0.189. The van der Waals surface area contributed by atoms with E-state index in [4.69, 9.17) is 27.9 Å². The second-order valence-corrected chi connectivity index (χ2v) is 10.2. The van der Waals surface area contributed by atoms with Crippen molar-refractivity contribution in [2.24, 2.45) is 10.2 Å². The SMILES string of the molecule is CCOc1c(Cl)cccc1NC(=O)c1cc2ccccc2c(N=Nc2ccc(C)c(S(=O)(=O)O)c2Cl)c1[O-].[Na+]. The molecule has 0 heterocycles. The van der Waals surface area contributed by atoms with E-state index in [-0.39, 0.29) is 68.5 Å². The van der Waals surface area contributed by atoms with E-state index in [2.05, 4.69) is 15.5 Å². The van der Waals surface area contributed by atoms with E-state index in [1.165, 1.54) is 25.1 Å². The molecule has 0 aromatic heterocycles. The first-order valence-electron chi connectivity index (χ1n) is 11.2. The van der Waals surface area contributed by atoms with Gasteiger partial charge in [-0.3, -0.25) is 9.35 Å². The zero-order valence-electron chi connectivity index (χ0n) is 21.0. The van der Waals surface area contributed by atoms with Crippen molar-refractivity contribution in [3.05, 3.63) is 81.8 Å². The van der Waals surface area contributed by atoms with Gasteiger partial charge in [-0.1, -0.05) is 65.3 Å². The van der Waals surface area contributed by atoms with Gasteiger partial charge in [-0.2, -0.15) is 13.5 Å². The van der Waals surface area contributed by atoms with Gasteiger partial charge in [-0.25, -0.2) is 0 Å². The van der Waals surface area contributed by atoms with E-state index >= 15 is 0 Å². The number of hydrogen-bond donors (Lipinski definition) is 2. The molecule has 0 aliphatic heterocycles. The second-order valence-electron chi connectivity index (χ2n) is 8.05. The zero-order valence-corrected chi connectivity index (χ0v) is 25.4. The van der Waals surface area contributed by atoms with E-state index in [0.29, 0.717) is 22.4 Å². The van der Waals surface area contributed by atoms with Gasteiger partial charge in [-0.15, -0.1) is 5.11 Å². The Morgan fingerprint density at radius 3 is 2.49 bits per heavy atom. The first-order valence-corrected chi connectivity index (χ1v) is 13.4. The van der Waals surface area contributed by atoms with Gasteiger partial charge in [0.25, 0.3) is 16.0 Å². The summed E-state index contributed by atoms with van der Waals surface area (Å²) in [4.78, 5) is 12.7. The molecular formula is C26H20Cl2N3NaO6S. The van der Waals surface area contributed by atoms with Gasteiger partial charge in [0, 0.05) is 10.9 Å². The molecule has 9 nitrogen and oxygen atoms in total. The molecule has 0 atom stereocenters. The molecule has 0 aliphatic rings. The second kappa shape index (κ2) is 12.6. The van der Waals surface area contributed by atoms with Crippen LogP contribution in [0.5, 0.6) is 11.5 Å². The fourth-order valence-electron chi connectivity index (χ4n) is 3.81. The number of aryl methyl sites for hydroxylation is 1. The first kappa shape index (κ1) is 30.8. The van der Waals surface area contributed by atoms with Crippen molar-refractivity contribution in [2.45, 2.75) is 18.7 Å². The summed E-state index contributed by atoms with van der Waals surface area (Å²) in [6.07, 6.45) is 0. The molecular weight excluding hydrogens is 576 g/mol. The molecule has 196 valence electrons. The number of benzene rings is 4. The smallest absolute Gasteiger partial charge is 0.870 e. The Hall–Kier alpha value is -2.70. The van der Waals surface area contributed by atoms with E-state index in [9.17, 15) is 22.9 Å². The van der Waals surface area contributed by atoms with Crippen LogP contribution in [0.1, 0.15) is 22.8 Å². The van der Waals surface area contributed by atoms with Gasteiger partial charge < -0.3 is 15.2 Å². The summed E-state index contributed by atoms with van der Waals surface area (Å²) >= 11 is 12.4. The average Bonchev–Trinajstić information content (AvgIpc) is 2.85. The van der Waals surface area contributed by atoms with Crippen LogP contribution in [0.25, 0.3) is 10.8 Å². The molecule has 0 aliphatic carbocycles. The number of ether oxygens (including phenoxy) is 1. The normalized spacial score (nSPS) is 11.4. The molecule has 1 amide bonds. The van der Waals surface area contributed by atoms with Crippen LogP contribution in [0.15, 0.2) is 75.8 Å². The Bertz CT molecular complexity index is 1710. The summed E-state index contributed by atoms with van der Waals surface area (Å²) in [5, 5.41) is 25.0. The Labute approximate surface area is 256 Å². The fraction of sp³-hybridized carbons (Fsp3) is 0.115. The minimum Gasteiger partial charge on any atom is -0.870 e. The number of nitrogens with zero attached hydrogens (tertiary/aromatic N) is 2. The maximum atomic E-state index is 13.4. The average molecular weight is 596 g/mol. The van der Waals surface area contributed by atoms with E-state index in [0.717, 1.165) is 0 Å². The van der Waals surface area contributed by atoms with E-state index < -0.39 is 26.7 Å². The van der Waals surface area contributed by atoms with Crippen LogP contribution in [0.3, 0.4) is 0 Å². The summed E-state index contributed by atoms with van der Waals surface area (Å²) in [5.74, 6) is -1.17. The maximum Gasteiger partial charge on any atom is 1.00 e. The number of halogens is 2. The molecule has 0 radical (unpaired) electrons. The third-order valence-electron chi connectivity index (χ3n) is 5.51. The maximum absolute atomic E-state index is 13.4. The minimum atomic E-state index is -4.64. The zero-order chi connectivity index (χ0) is 27.6. The number of para-hydroxylation sites is 1. The van der Waals surface area contributed by atoms with E-state index in [1.807, 2.05) is 0 Å². The van der Waals surface area contributed by atoms with Gasteiger partial charge in [0.2, 0.25) is 0 Å². The summed E-state index contributed by atoms with van der Waals surface area (Å²) < 4.78 is 38.6. The first-order chi connectivity index (χ1) is 18.0. The minimum absolute atomic E-state index is 0. The number of amides is 1. The predicted molar refractivity (Wildman–Crippen MR) is 144 cm³/mol. The summed E-state index contributed by atoms with van der Waals surface area (Å²) in [7, 11) is -4.64. The van der Waals surface area contributed by atoms with Crippen LogP contribution in [-0.2, 0) is 10.1 Å². The van der Waals surface area contributed by atoms with Gasteiger partial charge in [0.1, 0.15) is 10.6 Å². The van der Waals surface area contributed by atoms with Crippen molar-refractivity contribution in [2.75, 3.05) is 11.9 Å². The third kappa shape index (κ3) is 6.55. The van der Waals surface area contributed by atoms with Crippen LogP contribution in [0.2, 0.25) is 10.0 Å². The molecule has 2 N–H and O–H groups in total. The van der Waals surface area contributed by atoms with Crippen molar-refractivity contribution in [3.63, 3.8) is 0 Å². The van der Waals surface area contributed by atoms with Crippen molar-refractivity contribution in [1.29, 1.82) is 0 Å². The fourth-order valence-corrected chi connectivity index (χ4v) is 5.38. The molecule has 39 heavy (non-hydrogen) atoms. The number of rotatable bonds is 7. The van der Waals surface area contributed by atoms with Crippen molar-refractivity contribution in [1.82, 2.24) is 0 Å². The van der Waals surface area contributed by atoms with Crippen molar-refractivity contribution in [3.8, 4) is 11.5 Å². The molecule has 0 bridgehead atoms. The number of fused-ring (bicyclic) bond motifs is 1. The topological polar surface area (TPSA) is 140 Å². The van der Waals surface area contributed by atoms with Gasteiger partial charge >= 0.3 is 29.6 Å². The molecule has 0 saturated carbocycles. The Morgan fingerprint density at radius 2 is 1.79 bits per heavy atom. The molecule has 13 heteroatoms. The van der Waals surface area contributed by atoms with Crippen molar-refractivity contribution < 1.29 is 57.2 Å². The van der Waals surface area contributed by atoms with Crippen molar-refractivity contribution >= 4 is 67.1 Å².